The maximum absolute atomic E-state index is 6.37. The molecule has 32 heavy (non-hydrogen) atoms. The minimum Gasteiger partial charge on any atom is -0.481 e. The van der Waals surface area contributed by atoms with Gasteiger partial charge in [0, 0.05) is 29.2 Å². The van der Waals surface area contributed by atoms with Gasteiger partial charge >= 0.3 is 0 Å². The highest BCUT2D eigenvalue weighted by atomic mass is 16.5. The van der Waals surface area contributed by atoms with Gasteiger partial charge in [-0.15, -0.1) is 0 Å². The highest BCUT2D eigenvalue weighted by Gasteiger charge is 2.34. The second kappa shape index (κ2) is 9.51. The van der Waals surface area contributed by atoms with E-state index in [0.717, 1.165) is 58.0 Å². The molecular weight excluding hydrogens is 398 g/mol. The van der Waals surface area contributed by atoms with Crippen LogP contribution in [0.1, 0.15) is 44.0 Å². The number of aromatic amines is 1. The lowest BCUT2D eigenvalue weighted by Gasteiger charge is -2.36. The van der Waals surface area contributed by atoms with Gasteiger partial charge in [0.2, 0.25) is 11.8 Å². The van der Waals surface area contributed by atoms with Crippen LogP contribution in [0.2, 0.25) is 0 Å². The van der Waals surface area contributed by atoms with Crippen LogP contribution in [0.3, 0.4) is 0 Å². The van der Waals surface area contributed by atoms with Crippen molar-refractivity contribution in [1.29, 1.82) is 0 Å². The van der Waals surface area contributed by atoms with E-state index in [-0.39, 0.29) is 6.04 Å². The SMILES string of the molecule is CCc1[nH]c2ccccc2c1C1=C(OC)N(C)C(CC(C)C)C(OCc2ccccc2)=N1. The molecule has 2 aromatic carbocycles. The first-order chi connectivity index (χ1) is 15.5. The van der Waals surface area contributed by atoms with Crippen molar-refractivity contribution in [1.82, 2.24) is 9.88 Å². The lowest BCUT2D eigenvalue weighted by Crippen LogP contribution is -2.43. The molecule has 0 fully saturated rings. The molecule has 0 saturated heterocycles. The van der Waals surface area contributed by atoms with E-state index in [1.54, 1.807) is 7.11 Å². The lowest BCUT2D eigenvalue weighted by molar-refractivity contribution is 0.133. The molecular formula is C27H33N3O2. The van der Waals surface area contributed by atoms with Gasteiger partial charge in [-0.05, 0) is 30.4 Å². The first kappa shape index (κ1) is 22.0. The van der Waals surface area contributed by atoms with Crippen molar-refractivity contribution in [3.05, 3.63) is 77.3 Å². The zero-order chi connectivity index (χ0) is 22.7. The molecule has 1 aromatic heterocycles. The smallest absolute Gasteiger partial charge is 0.217 e. The fourth-order valence-corrected chi connectivity index (χ4v) is 4.41. The van der Waals surface area contributed by atoms with E-state index >= 15 is 0 Å². The summed E-state index contributed by atoms with van der Waals surface area (Å²) in [6, 6.07) is 18.6. The Balaban J connectivity index is 1.82. The number of nitrogens with one attached hydrogen (secondary N) is 1. The number of aryl methyl sites for hydroxylation is 1. The summed E-state index contributed by atoms with van der Waals surface area (Å²) in [5.74, 6) is 2.02. The molecule has 2 heterocycles. The molecule has 0 amide bonds. The van der Waals surface area contributed by atoms with Crippen LogP contribution in [0.4, 0.5) is 0 Å². The van der Waals surface area contributed by atoms with E-state index < -0.39 is 0 Å². The standard InChI is InChI=1S/C27H33N3O2/c1-6-21-24(20-14-10-11-15-22(20)28-21)25-27(31-5)30(4)23(16-18(2)3)26(29-25)32-17-19-12-8-7-9-13-19/h7-15,18,23,28H,6,16-17H2,1-5H3. The average molecular weight is 432 g/mol. The van der Waals surface area contributed by atoms with Crippen molar-refractivity contribution in [2.75, 3.05) is 14.2 Å². The van der Waals surface area contributed by atoms with Gasteiger partial charge in [-0.3, -0.25) is 0 Å². The van der Waals surface area contributed by atoms with Gasteiger partial charge in [-0.25, -0.2) is 4.99 Å². The number of methoxy groups -OCH3 is 1. The molecule has 0 saturated carbocycles. The van der Waals surface area contributed by atoms with Crippen LogP contribution in [0.25, 0.3) is 16.6 Å². The fourth-order valence-electron chi connectivity index (χ4n) is 4.41. The van der Waals surface area contributed by atoms with Crippen molar-refractivity contribution in [3.8, 4) is 0 Å². The number of aromatic nitrogens is 1. The number of hydrogen-bond donors (Lipinski definition) is 1. The van der Waals surface area contributed by atoms with Gasteiger partial charge in [0.25, 0.3) is 0 Å². The molecule has 0 bridgehead atoms. The van der Waals surface area contributed by atoms with Gasteiger partial charge in [-0.2, -0.15) is 0 Å². The van der Waals surface area contributed by atoms with Crippen LogP contribution in [-0.4, -0.2) is 36.0 Å². The molecule has 1 aliphatic heterocycles. The number of rotatable bonds is 7. The van der Waals surface area contributed by atoms with Gasteiger partial charge in [0.15, 0.2) is 0 Å². The number of para-hydroxylation sites is 1. The topological polar surface area (TPSA) is 49.8 Å². The van der Waals surface area contributed by atoms with Crippen molar-refractivity contribution < 1.29 is 9.47 Å². The third kappa shape index (κ3) is 4.24. The molecule has 0 aliphatic carbocycles. The number of nitrogens with zero attached hydrogens (tertiary/aromatic N) is 2. The van der Waals surface area contributed by atoms with E-state index in [4.69, 9.17) is 14.5 Å². The number of likely N-dealkylation sites (N-methyl/N-ethyl adjacent to an activating group) is 1. The Morgan fingerprint density at radius 2 is 1.78 bits per heavy atom. The van der Waals surface area contributed by atoms with Crippen LogP contribution in [0.15, 0.2) is 65.5 Å². The molecule has 5 heteroatoms. The van der Waals surface area contributed by atoms with Crippen molar-refractivity contribution in [3.63, 3.8) is 0 Å². The number of aliphatic imine (C=N–C) groups is 1. The monoisotopic (exact) mass is 431 g/mol. The zero-order valence-electron chi connectivity index (χ0n) is 19.7. The highest BCUT2D eigenvalue weighted by molar-refractivity contribution is 5.99. The largest absolute Gasteiger partial charge is 0.481 e. The molecule has 0 spiro atoms. The number of fused-ring (bicyclic) bond motifs is 1. The summed E-state index contributed by atoms with van der Waals surface area (Å²) < 4.78 is 12.3. The Hall–Kier alpha value is -3.21. The summed E-state index contributed by atoms with van der Waals surface area (Å²) in [6.45, 7) is 7.10. The van der Waals surface area contributed by atoms with Gasteiger partial charge < -0.3 is 19.4 Å². The van der Waals surface area contributed by atoms with E-state index in [9.17, 15) is 0 Å². The molecule has 5 nitrogen and oxygen atoms in total. The summed E-state index contributed by atoms with van der Waals surface area (Å²) >= 11 is 0. The third-order valence-corrected chi connectivity index (χ3v) is 5.99. The van der Waals surface area contributed by atoms with Crippen LogP contribution in [0.5, 0.6) is 0 Å². The van der Waals surface area contributed by atoms with Gasteiger partial charge in [0.05, 0.1) is 7.11 Å². The van der Waals surface area contributed by atoms with Crippen LogP contribution in [0, 0.1) is 5.92 Å². The summed E-state index contributed by atoms with van der Waals surface area (Å²) in [5.41, 5.74) is 5.31. The predicted molar refractivity (Wildman–Crippen MR) is 131 cm³/mol. The first-order valence-corrected chi connectivity index (χ1v) is 11.4. The van der Waals surface area contributed by atoms with Crippen LogP contribution < -0.4 is 0 Å². The summed E-state index contributed by atoms with van der Waals surface area (Å²) in [7, 11) is 3.80. The molecule has 4 rings (SSSR count). The van der Waals surface area contributed by atoms with Crippen LogP contribution in [-0.2, 0) is 22.5 Å². The Morgan fingerprint density at radius 1 is 1.06 bits per heavy atom. The van der Waals surface area contributed by atoms with Gasteiger partial charge in [-0.1, -0.05) is 69.3 Å². The summed E-state index contributed by atoms with van der Waals surface area (Å²) in [4.78, 5) is 10.9. The second-order valence-corrected chi connectivity index (χ2v) is 8.72. The van der Waals surface area contributed by atoms with E-state index in [1.807, 2.05) is 18.2 Å². The molecule has 1 atom stereocenters. The maximum Gasteiger partial charge on any atom is 0.217 e. The molecule has 1 unspecified atom stereocenters. The number of hydrogen-bond acceptors (Lipinski definition) is 4. The summed E-state index contributed by atoms with van der Waals surface area (Å²) in [6.07, 6.45) is 1.80. The normalized spacial score (nSPS) is 16.6. The molecule has 0 radical (unpaired) electrons. The number of ether oxygens (including phenoxy) is 2. The number of benzene rings is 2. The first-order valence-electron chi connectivity index (χ1n) is 11.4. The van der Waals surface area contributed by atoms with E-state index in [1.165, 1.54) is 0 Å². The minimum atomic E-state index is 0.0210. The average Bonchev–Trinajstić information content (AvgIpc) is 3.18. The van der Waals surface area contributed by atoms with Crippen molar-refractivity contribution in [2.24, 2.45) is 10.9 Å². The summed E-state index contributed by atoms with van der Waals surface area (Å²) in [5, 5.41) is 1.15. The third-order valence-electron chi connectivity index (χ3n) is 5.99. The van der Waals surface area contributed by atoms with Crippen molar-refractivity contribution >= 4 is 22.5 Å². The second-order valence-electron chi connectivity index (χ2n) is 8.72. The van der Waals surface area contributed by atoms with E-state index in [2.05, 4.69) is 74.1 Å². The molecule has 1 N–H and O–H groups in total. The zero-order valence-corrected chi connectivity index (χ0v) is 19.7. The van der Waals surface area contributed by atoms with Crippen LogP contribution >= 0.6 is 0 Å². The Bertz CT molecular complexity index is 1130. The minimum absolute atomic E-state index is 0.0210. The van der Waals surface area contributed by atoms with E-state index in [0.29, 0.717) is 12.5 Å². The van der Waals surface area contributed by atoms with Gasteiger partial charge in [0.1, 0.15) is 18.3 Å². The Morgan fingerprint density at radius 3 is 2.47 bits per heavy atom. The lowest BCUT2D eigenvalue weighted by atomic mass is 9.99. The Kier molecular flexibility index (Phi) is 6.54. The maximum atomic E-state index is 6.37. The fraction of sp³-hybridized carbons (Fsp3) is 0.370. The highest BCUT2D eigenvalue weighted by Crippen LogP contribution is 2.37. The molecule has 168 valence electrons. The Labute approximate surface area is 190 Å². The predicted octanol–water partition coefficient (Wildman–Crippen LogP) is 5.98. The van der Waals surface area contributed by atoms with Crippen molar-refractivity contribution in [2.45, 2.75) is 46.3 Å². The molecule has 3 aromatic rings. The number of H-pyrrole nitrogens is 1. The molecule has 1 aliphatic rings. The quantitative estimate of drug-likeness (QED) is 0.501.